The van der Waals surface area contributed by atoms with Crippen molar-refractivity contribution in [3.8, 4) is 0 Å². The van der Waals surface area contributed by atoms with E-state index in [1.54, 1.807) is 0 Å². The summed E-state index contributed by atoms with van der Waals surface area (Å²) in [5.41, 5.74) is 2.21. The van der Waals surface area contributed by atoms with Gasteiger partial charge in [0.1, 0.15) is 5.03 Å². The molecule has 1 atom stereocenters. The zero-order valence-electron chi connectivity index (χ0n) is 12.3. The fraction of sp³-hybridized carbons (Fsp3) is 0.167. The van der Waals surface area contributed by atoms with Crippen molar-refractivity contribution in [2.24, 2.45) is 0 Å². The molecule has 0 amide bonds. The van der Waals surface area contributed by atoms with Gasteiger partial charge in [0.2, 0.25) is 0 Å². The van der Waals surface area contributed by atoms with Crippen molar-refractivity contribution < 1.29 is 9.53 Å². The van der Waals surface area contributed by atoms with Crippen LogP contribution in [0.4, 0.5) is 0 Å². The van der Waals surface area contributed by atoms with Gasteiger partial charge in [0.05, 0.1) is 5.03 Å². The second-order valence-corrected chi connectivity index (χ2v) is 6.08. The van der Waals surface area contributed by atoms with E-state index in [2.05, 4.69) is 0 Å². The van der Waals surface area contributed by atoms with Gasteiger partial charge in [-0.25, -0.2) is 4.79 Å². The molecule has 0 fully saturated rings. The Morgan fingerprint density at radius 1 is 0.870 bits per heavy atom. The van der Waals surface area contributed by atoms with Gasteiger partial charge in [0.15, 0.2) is 6.23 Å². The van der Waals surface area contributed by atoms with E-state index in [9.17, 15) is 4.79 Å². The van der Waals surface area contributed by atoms with Gasteiger partial charge in [-0.1, -0.05) is 83.9 Å². The third-order valence-electron chi connectivity index (χ3n) is 3.61. The van der Waals surface area contributed by atoms with Crippen molar-refractivity contribution in [1.82, 2.24) is 4.90 Å². The zero-order chi connectivity index (χ0) is 16.2. The molecule has 1 heterocycles. The van der Waals surface area contributed by atoms with E-state index in [1.165, 1.54) is 0 Å². The first kappa shape index (κ1) is 16.1. The molecule has 1 aliphatic rings. The first-order valence-electron chi connectivity index (χ1n) is 7.23. The molecule has 0 bridgehead atoms. The number of nitrogens with zero attached hydrogens (tertiary/aromatic N) is 1. The minimum Gasteiger partial charge on any atom is -0.437 e. The second-order valence-electron chi connectivity index (χ2n) is 5.30. The monoisotopic (exact) mass is 347 g/mol. The third-order valence-corrected chi connectivity index (χ3v) is 4.44. The number of ether oxygens (including phenoxy) is 1. The van der Waals surface area contributed by atoms with Crippen molar-refractivity contribution in [2.75, 3.05) is 0 Å². The SMILES string of the molecule is O=C1OC(N(Cc2ccccc2)Cc2ccccc2)C(Cl)=C1Cl. The van der Waals surface area contributed by atoms with Gasteiger partial charge in [0.25, 0.3) is 0 Å². The summed E-state index contributed by atoms with van der Waals surface area (Å²) in [5.74, 6) is -0.576. The third kappa shape index (κ3) is 3.75. The van der Waals surface area contributed by atoms with Gasteiger partial charge in [-0.05, 0) is 11.1 Å². The molecule has 2 aromatic carbocycles. The molecular weight excluding hydrogens is 333 g/mol. The Bertz CT molecular complexity index is 675. The largest absolute Gasteiger partial charge is 0.437 e. The van der Waals surface area contributed by atoms with Crippen molar-refractivity contribution in [1.29, 1.82) is 0 Å². The van der Waals surface area contributed by atoms with Crippen molar-refractivity contribution in [3.05, 3.63) is 81.9 Å². The first-order chi connectivity index (χ1) is 11.1. The lowest BCUT2D eigenvalue weighted by Gasteiger charge is -2.28. The van der Waals surface area contributed by atoms with E-state index < -0.39 is 12.2 Å². The van der Waals surface area contributed by atoms with Gasteiger partial charge < -0.3 is 4.74 Å². The molecular formula is C18H15Cl2NO2. The molecule has 0 spiro atoms. The van der Waals surface area contributed by atoms with Crippen LogP contribution in [-0.4, -0.2) is 17.1 Å². The van der Waals surface area contributed by atoms with Crippen LogP contribution in [0.2, 0.25) is 0 Å². The van der Waals surface area contributed by atoms with E-state index in [0.717, 1.165) is 11.1 Å². The van der Waals surface area contributed by atoms with Crippen molar-refractivity contribution in [2.45, 2.75) is 19.3 Å². The summed E-state index contributed by atoms with van der Waals surface area (Å²) in [6.07, 6.45) is -0.655. The first-order valence-corrected chi connectivity index (χ1v) is 7.99. The number of hydrogen-bond acceptors (Lipinski definition) is 3. The Balaban J connectivity index is 1.86. The number of rotatable bonds is 5. The molecule has 0 saturated carbocycles. The van der Waals surface area contributed by atoms with Crippen molar-refractivity contribution in [3.63, 3.8) is 0 Å². The summed E-state index contributed by atoms with van der Waals surface area (Å²) in [6.45, 7) is 1.18. The fourth-order valence-electron chi connectivity index (χ4n) is 2.50. The zero-order valence-corrected chi connectivity index (χ0v) is 13.8. The number of hydrogen-bond donors (Lipinski definition) is 0. The molecule has 0 aromatic heterocycles. The van der Waals surface area contributed by atoms with Gasteiger partial charge in [-0.3, -0.25) is 4.90 Å². The second kappa shape index (κ2) is 7.18. The quantitative estimate of drug-likeness (QED) is 0.756. The fourth-order valence-corrected chi connectivity index (χ4v) is 2.90. The van der Waals surface area contributed by atoms with Crippen LogP contribution in [0.5, 0.6) is 0 Å². The summed E-state index contributed by atoms with van der Waals surface area (Å²) in [6, 6.07) is 19.9. The highest BCUT2D eigenvalue weighted by Gasteiger charge is 2.36. The molecule has 0 aliphatic carbocycles. The van der Waals surface area contributed by atoms with E-state index in [0.29, 0.717) is 13.1 Å². The van der Waals surface area contributed by atoms with Crippen LogP contribution in [0.25, 0.3) is 0 Å². The molecule has 118 valence electrons. The number of cyclic esters (lactones) is 1. The van der Waals surface area contributed by atoms with Gasteiger partial charge in [-0.15, -0.1) is 0 Å². The smallest absolute Gasteiger partial charge is 0.353 e. The molecule has 1 aliphatic heterocycles. The lowest BCUT2D eigenvalue weighted by molar-refractivity contribution is -0.146. The standard InChI is InChI=1S/C18H15Cl2NO2/c19-15-16(20)18(22)23-17(15)21(11-13-7-3-1-4-8-13)12-14-9-5-2-6-10-14/h1-10,17H,11-12H2. The number of benzene rings is 2. The van der Waals surface area contributed by atoms with E-state index in [1.807, 2.05) is 65.6 Å². The Morgan fingerprint density at radius 3 is 1.74 bits per heavy atom. The number of carbonyl (C=O) groups is 1. The van der Waals surface area contributed by atoms with Crippen LogP contribution in [0, 0.1) is 0 Å². The summed E-state index contributed by atoms with van der Waals surface area (Å²) in [7, 11) is 0. The summed E-state index contributed by atoms with van der Waals surface area (Å²) in [4.78, 5) is 13.7. The highest BCUT2D eigenvalue weighted by Crippen LogP contribution is 2.32. The predicted molar refractivity (Wildman–Crippen MR) is 90.7 cm³/mol. The molecule has 3 nitrogen and oxygen atoms in total. The molecule has 3 rings (SSSR count). The molecule has 23 heavy (non-hydrogen) atoms. The number of esters is 1. The number of carbonyl (C=O) groups excluding carboxylic acids is 1. The number of halogens is 2. The van der Waals surface area contributed by atoms with E-state index >= 15 is 0 Å². The van der Waals surface area contributed by atoms with Crippen LogP contribution in [-0.2, 0) is 22.6 Å². The highest BCUT2D eigenvalue weighted by atomic mass is 35.5. The van der Waals surface area contributed by atoms with E-state index in [4.69, 9.17) is 27.9 Å². The normalized spacial score (nSPS) is 17.7. The van der Waals surface area contributed by atoms with Crippen LogP contribution in [0.1, 0.15) is 11.1 Å². The minimum atomic E-state index is -0.655. The molecule has 2 aromatic rings. The van der Waals surface area contributed by atoms with Gasteiger partial charge in [0, 0.05) is 13.1 Å². The molecule has 0 N–H and O–H groups in total. The molecule has 1 unspecified atom stereocenters. The lowest BCUT2D eigenvalue weighted by Crippen LogP contribution is -2.35. The minimum absolute atomic E-state index is 0.0391. The Hall–Kier alpha value is -1.81. The van der Waals surface area contributed by atoms with Gasteiger partial charge >= 0.3 is 5.97 Å². The van der Waals surface area contributed by atoms with Crippen molar-refractivity contribution >= 4 is 29.2 Å². The van der Waals surface area contributed by atoms with Crippen LogP contribution >= 0.6 is 23.2 Å². The Kier molecular flexibility index (Phi) is 5.01. The maximum absolute atomic E-state index is 11.7. The molecule has 0 saturated heterocycles. The average Bonchev–Trinajstić information content (AvgIpc) is 2.84. The molecule has 5 heteroatoms. The average molecular weight is 348 g/mol. The Labute approximate surface area is 145 Å². The van der Waals surface area contributed by atoms with Crippen LogP contribution in [0.15, 0.2) is 70.7 Å². The highest BCUT2D eigenvalue weighted by molar-refractivity contribution is 6.48. The summed E-state index contributed by atoms with van der Waals surface area (Å²) < 4.78 is 5.34. The lowest BCUT2D eigenvalue weighted by atomic mass is 10.1. The summed E-state index contributed by atoms with van der Waals surface area (Å²) >= 11 is 12.1. The van der Waals surface area contributed by atoms with Crippen LogP contribution < -0.4 is 0 Å². The molecule has 0 radical (unpaired) electrons. The van der Waals surface area contributed by atoms with Gasteiger partial charge in [-0.2, -0.15) is 0 Å². The van der Waals surface area contributed by atoms with Crippen LogP contribution in [0.3, 0.4) is 0 Å². The Morgan fingerprint density at radius 2 is 1.35 bits per heavy atom. The maximum atomic E-state index is 11.7. The summed E-state index contributed by atoms with van der Waals surface area (Å²) in [5, 5.41) is 0.200. The maximum Gasteiger partial charge on any atom is 0.353 e. The topological polar surface area (TPSA) is 29.5 Å². The van der Waals surface area contributed by atoms with E-state index in [-0.39, 0.29) is 10.1 Å². The predicted octanol–water partition coefficient (Wildman–Crippen LogP) is 4.26.